The maximum atomic E-state index is 12.0. The summed E-state index contributed by atoms with van der Waals surface area (Å²) in [5.41, 5.74) is 2.36. The number of para-hydroxylation sites is 2. The maximum absolute atomic E-state index is 12.0. The quantitative estimate of drug-likeness (QED) is 0.536. The number of amides is 1. The largest absolute Gasteiger partial charge is 0.477 e. The van der Waals surface area contributed by atoms with Gasteiger partial charge in [-0.1, -0.05) is 47.1 Å². The lowest BCUT2D eigenvalue weighted by Gasteiger charge is -2.05. The lowest BCUT2D eigenvalue weighted by atomic mass is 10.1. The van der Waals surface area contributed by atoms with Crippen molar-refractivity contribution in [3.8, 4) is 17.0 Å². The Morgan fingerprint density at radius 3 is 2.69 bits per heavy atom. The molecule has 3 rings (SSSR count). The van der Waals surface area contributed by atoms with E-state index in [9.17, 15) is 14.9 Å². The van der Waals surface area contributed by atoms with Crippen LogP contribution in [0.25, 0.3) is 11.3 Å². The van der Waals surface area contributed by atoms with Crippen molar-refractivity contribution in [2.45, 2.75) is 6.92 Å². The van der Waals surface area contributed by atoms with E-state index in [0.29, 0.717) is 5.69 Å². The van der Waals surface area contributed by atoms with Crippen LogP contribution in [0.15, 0.2) is 59.1 Å². The summed E-state index contributed by atoms with van der Waals surface area (Å²) in [4.78, 5) is 22.3. The molecule has 8 heteroatoms. The number of benzene rings is 2. The average molecular weight is 353 g/mol. The minimum atomic E-state index is -0.572. The zero-order valence-corrected chi connectivity index (χ0v) is 13.8. The van der Waals surface area contributed by atoms with Gasteiger partial charge >= 0.3 is 5.69 Å². The van der Waals surface area contributed by atoms with Crippen LogP contribution < -0.4 is 10.1 Å². The van der Waals surface area contributed by atoms with E-state index in [4.69, 9.17) is 9.26 Å². The van der Waals surface area contributed by atoms with Gasteiger partial charge in [0.1, 0.15) is 5.69 Å². The van der Waals surface area contributed by atoms with Crippen LogP contribution in [0.2, 0.25) is 0 Å². The molecule has 132 valence electrons. The molecule has 26 heavy (non-hydrogen) atoms. The first-order valence-corrected chi connectivity index (χ1v) is 7.73. The van der Waals surface area contributed by atoms with Gasteiger partial charge in [-0.05, 0) is 13.0 Å². The van der Waals surface area contributed by atoms with Crippen molar-refractivity contribution in [3.05, 3.63) is 70.3 Å². The second-order valence-corrected chi connectivity index (χ2v) is 5.50. The first kappa shape index (κ1) is 17.2. The molecular weight excluding hydrogens is 338 g/mol. The lowest BCUT2D eigenvalue weighted by molar-refractivity contribution is -0.385. The van der Waals surface area contributed by atoms with E-state index in [1.807, 2.05) is 31.2 Å². The Kier molecular flexibility index (Phi) is 4.93. The van der Waals surface area contributed by atoms with E-state index < -0.39 is 17.4 Å². The van der Waals surface area contributed by atoms with E-state index in [2.05, 4.69) is 10.5 Å². The van der Waals surface area contributed by atoms with Crippen LogP contribution >= 0.6 is 0 Å². The Morgan fingerprint density at radius 2 is 1.96 bits per heavy atom. The number of carbonyl (C=O) groups excluding carboxylic acids is 1. The van der Waals surface area contributed by atoms with Crippen LogP contribution in [0, 0.1) is 17.0 Å². The number of rotatable bonds is 6. The molecule has 0 radical (unpaired) electrons. The van der Waals surface area contributed by atoms with E-state index in [0.717, 1.165) is 11.1 Å². The highest BCUT2D eigenvalue weighted by Gasteiger charge is 2.16. The van der Waals surface area contributed by atoms with Gasteiger partial charge in [-0.3, -0.25) is 20.2 Å². The van der Waals surface area contributed by atoms with Crippen molar-refractivity contribution >= 4 is 17.5 Å². The molecule has 1 amide bonds. The van der Waals surface area contributed by atoms with Crippen molar-refractivity contribution in [2.24, 2.45) is 0 Å². The molecule has 0 unspecified atom stereocenters. The van der Waals surface area contributed by atoms with Crippen molar-refractivity contribution in [3.63, 3.8) is 0 Å². The Morgan fingerprint density at radius 1 is 1.23 bits per heavy atom. The third-order valence-corrected chi connectivity index (χ3v) is 3.54. The summed E-state index contributed by atoms with van der Waals surface area (Å²) in [5.74, 6) is -0.336. The topological polar surface area (TPSA) is 108 Å². The van der Waals surface area contributed by atoms with Gasteiger partial charge in [0.2, 0.25) is 5.88 Å². The Bertz CT molecular complexity index is 934. The van der Waals surface area contributed by atoms with E-state index in [-0.39, 0.29) is 17.3 Å². The van der Waals surface area contributed by atoms with Crippen molar-refractivity contribution in [1.82, 2.24) is 5.16 Å². The first-order chi connectivity index (χ1) is 12.5. The van der Waals surface area contributed by atoms with Gasteiger partial charge in [-0.15, -0.1) is 0 Å². The third-order valence-electron chi connectivity index (χ3n) is 3.54. The summed E-state index contributed by atoms with van der Waals surface area (Å²) in [6.45, 7) is 1.58. The highest BCUT2D eigenvalue weighted by molar-refractivity contribution is 5.91. The molecule has 0 aliphatic heterocycles. The number of hydrogen-bond acceptors (Lipinski definition) is 6. The number of nitrogens with one attached hydrogen (secondary N) is 1. The molecule has 0 saturated heterocycles. The zero-order chi connectivity index (χ0) is 18.5. The molecular formula is C18H15N3O5. The van der Waals surface area contributed by atoms with Crippen molar-refractivity contribution in [1.29, 1.82) is 0 Å². The van der Waals surface area contributed by atoms with Gasteiger partial charge < -0.3 is 9.26 Å². The van der Waals surface area contributed by atoms with Crippen LogP contribution in [-0.2, 0) is 4.79 Å². The van der Waals surface area contributed by atoms with Crippen molar-refractivity contribution in [2.75, 3.05) is 11.9 Å². The fourth-order valence-electron chi connectivity index (χ4n) is 2.24. The first-order valence-electron chi connectivity index (χ1n) is 7.73. The Balaban J connectivity index is 1.61. The number of carbonyl (C=O) groups is 1. The molecule has 2 aromatic carbocycles. The average Bonchev–Trinajstić information content (AvgIpc) is 3.09. The third kappa shape index (κ3) is 4.04. The second-order valence-electron chi connectivity index (χ2n) is 5.50. The summed E-state index contributed by atoms with van der Waals surface area (Å²) in [7, 11) is 0. The molecule has 0 bridgehead atoms. The van der Waals surface area contributed by atoms with E-state index in [1.165, 1.54) is 18.2 Å². The summed E-state index contributed by atoms with van der Waals surface area (Å²) in [6, 6.07) is 15.1. The SMILES string of the molecule is Cc1ccc(-c2cc(NC(=O)COc3ccccc3[N+](=O)[O-])on2)cc1. The van der Waals surface area contributed by atoms with Gasteiger partial charge in [0, 0.05) is 17.7 Å². The standard InChI is InChI=1S/C18H15N3O5/c1-12-6-8-13(9-7-12)14-10-18(26-20-14)19-17(22)11-25-16-5-3-2-4-15(16)21(23)24/h2-10H,11H2,1H3,(H,19,22). The smallest absolute Gasteiger partial charge is 0.310 e. The summed E-state index contributed by atoms with van der Waals surface area (Å²) in [6.07, 6.45) is 0. The van der Waals surface area contributed by atoms with Gasteiger partial charge in [-0.2, -0.15) is 0 Å². The zero-order valence-electron chi connectivity index (χ0n) is 13.8. The number of hydrogen-bond donors (Lipinski definition) is 1. The number of nitrogens with zero attached hydrogens (tertiary/aromatic N) is 2. The van der Waals surface area contributed by atoms with E-state index >= 15 is 0 Å². The fourth-order valence-corrected chi connectivity index (χ4v) is 2.24. The molecule has 0 saturated carbocycles. The molecule has 1 N–H and O–H groups in total. The number of nitro benzene ring substituents is 1. The monoisotopic (exact) mass is 353 g/mol. The Hall–Kier alpha value is -3.68. The summed E-state index contributed by atoms with van der Waals surface area (Å²) >= 11 is 0. The van der Waals surface area contributed by atoms with Gasteiger partial charge in [-0.25, -0.2) is 0 Å². The fraction of sp³-hybridized carbons (Fsp3) is 0.111. The highest BCUT2D eigenvalue weighted by atomic mass is 16.6. The van der Waals surface area contributed by atoms with Gasteiger partial charge in [0.25, 0.3) is 5.91 Å². The normalized spacial score (nSPS) is 10.3. The molecule has 0 atom stereocenters. The highest BCUT2D eigenvalue weighted by Crippen LogP contribution is 2.26. The summed E-state index contributed by atoms with van der Waals surface area (Å²) < 4.78 is 10.3. The maximum Gasteiger partial charge on any atom is 0.310 e. The van der Waals surface area contributed by atoms with Crippen LogP contribution in [-0.4, -0.2) is 22.6 Å². The molecule has 0 fully saturated rings. The number of ether oxygens (including phenoxy) is 1. The molecule has 0 spiro atoms. The minimum absolute atomic E-state index is 0.0190. The Labute approximate surface area is 148 Å². The predicted octanol–water partition coefficient (Wildman–Crippen LogP) is 3.58. The molecule has 8 nitrogen and oxygen atoms in total. The van der Waals surface area contributed by atoms with E-state index in [1.54, 1.807) is 12.1 Å². The van der Waals surface area contributed by atoms with Crippen molar-refractivity contribution < 1.29 is 19.0 Å². The molecule has 0 aliphatic carbocycles. The van der Waals surface area contributed by atoms with Crippen LogP contribution in [0.4, 0.5) is 11.6 Å². The number of anilines is 1. The second kappa shape index (κ2) is 7.47. The van der Waals surface area contributed by atoms with Crippen LogP contribution in [0.1, 0.15) is 5.56 Å². The van der Waals surface area contributed by atoms with Crippen LogP contribution in [0.3, 0.4) is 0 Å². The lowest BCUT2D eigenvalue weighted by Crippen LogP contribution is -2.20. The van der Waals surface area contributed by atoms with Crippen LogP contribution in [0.5, 0.6) is 5.75 Å². The molecule has 3 aromatic rings. The molecule has 1 aromatic heterocycles. The number of aromatic nitrogens is 1. The van der Waals surface area contributed by atoms with Gasteiger partial charge in [0.05, 0.1) is 4.92 Å². The molecule has 0 aliphatic rings. The number of nitro groups is 1. The minimum Gasteiger partial charge on any atom is -0.477 e. The molecule has 1 heterocycles. The van der Waals surface area contributed by atoms with Gasteiger partial charge in [0.15, 0.2) is 12.4 Å². The summed E-state index contributed by atoms with van der Waals surface area (Å²) in [5, 5.41) is 17.3. The number of aryl methyl sites for hydroxylation is 1. The predicted molar refractivity (Wildman–Crippen MR) is 93.9 cm³/mol.